The first-order valence-electron chi connectivity index (χ1n) is 10.2. The Labute approximate surface area is 189 Å². The minimum Gasteiger partial charge on any atom is -0.497 e. The average Bonchev–Trinajstić information content (AvgIpc) is 3.25. The zero-order valence-corrected chi connectivity index (χ0v) is 18.4. The first-order valence-corrected chi connectivity index (χ1v) is 11.0. The molecule has 162 valence electrons. The highest BCUT2D eigenvalue weighted by Crippen LogP contribution is 2.36. The van der Waals surface area contributed by atoms with Gasteiger partial charge in [-0.15, -0.1) is 0 Å². The number of hydrogen-bond acceptors (Lipinski definition) is 7. The molecule has 1 amide bonds. The van der Waals surface area contributed by atoms with Gasteiger partial charge >= 0.3 is 0 Å². The second-order valence-corrected chi connectivity index (χ2v) is 8.43. The van der Waals surface area contributed by atoms with Crippen LogP contribution in [-0.2, 0) is 11.3 Å². The summed E-state index contributed by atoms with van der Waals surface area (Å²) in [6.07, 6.45) is 2.19. The van der Waals surface area contributed by atoms with Crippen molar-refractivity contribution < 1.29 is 19.0 Å². The van der Waals surface area contributed by atoms with Crippen LogP contribution in [0.1, 0.15) is 12.5 Å². The molecule has 7 nitrogen and oxygen atoms in total. The number of amides is 1. The van der Waals surface area contributed by atoms with Crippen molar-refractivity contribution in [1.29, 1.82) is 0 Å². The minimum atomic E-state index is -0.803. The van der Waals surface area contributed by atoms with E-state index in [1.54, 1.807) is 30.5 Å². The maximum atomic E-state index is 13.8. The summed E-state index contributed by atoms with van der Waals surface area (Å²) in [4.78, 5) is 24.3. The van der Waals surface area contributed by atoms with Gasteiger partial charge in [-0.25, -0.2) is 4.98 Å². The highest BCUT2D eigenvalue weighted by molar-refractivity contribution is 7.22. The van der Waals surface area contributed by atoms with Gasteiger partial charge in [0.15, 0.2) is 16.6 Å². The van der Waals surface area contributed by atoms with Gasteiger partial charge in [-0.1, -0.05) is 29.5 Å². The Hall–Kier alpha value is -3.65. The molecule has 0 spiro atoms. The molecule has 2 aromatic heterocycles. The molecular formula is C24H21N3O4S. The Morgan fingerprint density at radius 1 is 1.12 bits per heavy atom. The van der Waals surface area contributed by atoms with E-state index in [0.717, 1.165) is 21.5 Å². The van der Waals surface area contributed by atoms with Crippen molar-refractivity contribution in [3.63, 3.8) is 0 Å². The fourth-order valence-corrected chi connectivity index (χ4v) is 4.59. The number of fused-ring (bicyclic) bond motifs is 2. The first-order chi connectivity index (χ1) is 15.6. The molecule has 5 rings (SSSR count). The van der Waals surface area contributed by atoms with Crippen molar-refractivity contribution in [1.82, 2.24) is 9.97 Å². The van der Waals surface area contributed by atoms with Crippen LogP contribution >= 0.6 is 11.3 Å². The Morgan fingerprint density at radius 3 is 2.69 bits per heavy atom. The van der Waals surface area contributed by atoms with Crippen molar-refractivity contribution in [2.45, 2.75) is 25.7 Å². The monoisotopic (exact) mass is 447 g/mol. The van der Waals surface area contributed by atoms with Crippen LogP contribution in [0.25, 0.3) is 10.2 Å². The van der Waals surface area contributed by atoms with E-state index >= 15 is 0 Å². The lowest BCUT2D eigenvalue weighted by Crippen LogP contribution is -2.50. The number of carbonyl (C=O) groups is 1. The van der Waals surface area contributed by atoms with Gasteiger partial charge in [-0.2, -0.15) is 0 Å². The third kappa shape index (κ3) is 3.85. The lowest BCUT2D eigenvalue weighted by atomic mass is 10.1. The third-order valence-corrected chi connectivity index (χ3v) is 6.27. The number of nitrogens with zero attached hydrogens (tertiary/aromatic N) is 3. The van der Waals surface area contributed by atoms with Gasteiger partial charge in [0.2, 0.25) is 6.10 Å². The number of aromatic nitrogens is 2. The van der Waals surface area contributed by atoms with E-state index < -0.39 is 12.2 Å². The molecule has 8 heteroatoms. The van der Waals surface area contributed by atoms with Crippen LogP contribution in [0.3, 0.4) is 0 Å². The molecule has 32 heavy (non-hydrogen) atoms. The Kier molecular flexibility index (Phi) is 5.36. The number of anilines is 1. The molecule has 0 radical (unpaired) electrons. The molecule has 4 aromatic rings. The molecule has 0 saturated carbocycles. The fraction of sp³-hybridized carbons (Fsp3) is 0.208. The number of hydrogen-bond donors (Lipinski definition) is 0. The normalized spacial score (nSPS) is 17.2. The molecule has 1 aliphatic heterocycles. The summed E-state index contributed by atoms with van der Waals surface area (Å²) in [5.41, 5.74) is 1.69. The van der Waals surface area contributed by atoms with E-state index in [4.69, 9.17) is 19.2 Å². The van der Waals surface area contributed by atoms with E-state index in [2.05, 4.69) is 4.98 Å². The molecule has 0 fully saturated rings. The highest BCUT2D eigenvalue weighted by Gasteiger charge is 2.38. The number of pyridine rings is 1. The smallest absolute Gasteiger partial charge is 0.274 e. The minimum absolute atomic E-state index is 0.220. The number of benzene rings is 2. The topological polar surface area (TPSA) is 73.8 Å². The van der Waals surface area contributed by atoms with E-state index in [1.807, 2.05) is 55.5 Å². The number of rotatable bonds is 5. The van der Waals surface area contributed by atoms with Crippen molar-refractivity contribution in [2.24, 2.45) is 0 Å². The molecular weight excluding hydrogens is 426 g/mol. The summed E-state index contributed by atoms with van der Waals surface area (Å²) in [6.45, 7) is 2.15. The summed E-state index contributed by atoms with van der Waals surface area (Å²) >= 11 is 1.43. The summed E-state index contributed by atoms with van der Waals surface area (Å²) in [5.74, 6) is 1.71. The van der Waals surface area contributed by atoms with Crippen LogP contribution < -0.4 is 19.1 Å². The van der Waals surface area contributed by atoms with Crippen LogP contribution in [0.5, 0.6) is 17.2 Å². The number of carbonyl (C=O) groups excluding carboxylic acids is 1. The predicted molar refractivity (Wildman–Crippen MR) is 123 cm³/mol. The van der Waals surface area contributed by atoms with Gasteiger partial charge in [0.05, 0.1) is 23.9 Å². The standard InChI is InChI=1S/C24H21N3O4S/c1-15-22(31-20-8-4-3-7-19(20)30-15)23(28)27(14-16-6-5-11-25-13-16)24-26-18-10-9-17(29-2)12-21(18)32-24/h3-13,15,22H,14H2,1-2H3. The molecule has 1 aliphatic rings. The molecule has 0 N–H and O–H groups in total. The summed E-state index contributed by atoms with van der Waals surface area (Å²) in [5, 5.41) is 0.580. The molecule has 0 aliphatic carbocycles. The van der Waals surface area contributed by atoms with Crippen molar-refractivity contribution in [3.8, 4) is 17.2 Å². The van der Waals surface area contributed by atoms with E-state index in [0.29, 0.717) is 23.2 Å². The average molecular weight is 448 g/mol. The van der Waals surface area contributed by atoms with Crippen molar-refractivity contribution in [3.05, 3.63) is 72.6 Å². The lowest BCUT2D eigenvalue weighted by Gasteiger charge is -2.33. The maximum absolute atomic E-state index is 13.8. The Balaban J connectivity index is 1.52. The van der Waals surface area contributed by atoms with Crippen LogP contribution in [0, 0.1) is 0 Å². The number of para-hydroxylation sites is 2. The Morgan fingerprint density at radius 2 is 1.94 bits per heavy atom. The van der Waals surface area contributed by atoms with Gasteiger partial charge in [0.1, 0.15) is 11.9 Å². The van der Waals surface area contributed by atoms with Crippen LogP contribution in [0.4, 0.5) is 5.13 Å². The quantitative estimate of drug-likeness (QED) is 0.450. The molecule has 2 unspecified atom stereocenters. The highest BCUT2D eigenvalue weighted by atomic mass is 32.1. The number of thiazole rings is 1. The van der Waals surface area contributed by atoms with Crippen molar-refractivity contribution in [2.75, 3.05) is 12.0 Å². The molecule has 3 heterocycles. The van der Waals surface area contributed by atoms with Gasteiger partial charge in [0, 0.05) is 12.4 Å². The zero-order valence-electron chi connectivity index (χ0n) is 17.6. The lowest BCUT2D eigenvalue weighted by molar-refractivity contribution is -0.130. The Bertz CT molecular complexity index is 1260. The first kappa shape index (κ1) is 20.3. The second-order valence-electron chi connectivity index (χ2n) is 7.42. The zero-order chi connectivity index (χ0) is 22.1. The summed E-state index contributed by atoms with van der Waals surface area (Å²) in [7, 11) is 1.63. The number of ether oxygens (including phenoxy) is 3. The van der Waals surface area contributed by atoms with Crippen molar-refractivity contribution >= 4 is 32.6 Å². The van der Waals surface area contributed by atoms with E-state index in [1.165, 1.54) is 11.3 Å². The number of methoxy groups -OCH3 is 1. The van der Waals surface area contributed by atoms with Crippen LogP contribution in [-0.4, -0.2) is 35.2 Å². The predicted octanol–water partition coefficient (Wildman–Crippen LogP) is 4.46. The molecule has 2 aromatic carbocycles. The van der Waals surface area contributed by atoms with E-state index in [9.17, 15) is 4.79 Å². The van der Waals surface area contributed by atoms with Crippen LogP contribution in [0.2, 0.25) is 0 Å². The van der Waals surface area contributed by atoms with Gasteiger partial charge < -0.3 is 14.2 Å². The van der Waals surface area contributed by atoms with Gasteiger partial charge in [-0.05, 0) is 48.9 Å². The molecule has 2 atom stereocenters. The summed E-state index contributed by atoms with van der Waals surface area (Å²) in [6, 6.07) is 16.8. The largest absolute Gasteiger partial charge is 0.497 e. The molecule has 0 saturated heterocycles. The van der Waals surface area contributed by atoms with Gasteiger partial charge in [0.25, 0.3) is 5.91 Å². The second kappa shape index (κ2) is 8.47. The van der Waals surface area contributed by atoms with Crippen LogP contribution in [0.15, 0.2) is 67.0 Å². The SMILES string of the molecule is COc1ccc2nc(N(Cc3cccnc3)C(=O)C3Oc4ccccc4OC3C)sc2c1. The van der Waals surface area contributed by atoms with E-state index in [-0.39, 0.29) is 5.91 Å². The fourth-order valence-electron chi connectivity index (χ4n) is 3.59. The summed E-state index contributed by atoms with van der Waals surface area (Å²) < 4.78 is 18.3. The third-order valence-electron chi connectivity index (χ3n) is 5.23. The van der Waals surface area contributed by atoms with Gasteiger partial charge in [-0.3, -0.25) is 14.7 Å². The maximum Gasteiger partial charge on any atom is 0.274 e. The molecule has 0 bridgehead atoms.